The third-order valence-electron chi connectivity index (χ3n) is 28.5. The first-order valence-corrected chi connectivity index (χ1v) is 47.6. The molecule has 0 saturated carbocycles. The Morgan fingerprint density at radius 3 is 0.765 bits per heavy atom. The molecule has 0 aliphatic heterocycles. The van der Waals surface area contributed by atoms with Crippen LogP contribution in [0.4, 0.5) is 68.2 Å². The summed E-state index contributed by atoms with van der Waals surface area (Å²) < 4.78 is 0. The molecular formula is C128H118N4. The maximum Gasteiger partial charge on any atom is 0.0570 e. The number of anilines is 12. The standard InChI is InChI=1S/C128H118N4/c1-75(2)108-71-115(129(113-66-79(9)54-56-81(113)11)125-87(17)40-32-51-97(125)91-43-24-21-25-44-91)104-62-58-101-109(76(3)4)72-116(105-63-59-100(108)119(104)120(101)105)130(114-67-80(10)55-57-82(114)12)128-90(20)68-96(70-112(128)93-47-28-23-29-48-93)94-49-35-50-95(69-94)99-53-34-42-89(19)127(99)132(124-85(15)38-31-39-86(124)16)118-74-111(78(7)8)103-60-64-106-117(73-110(77(5)6)102-61-65-107(118)122(103)121(102)106)131(123-83(13)36-30-37-84(123)14)126-88(18)41-33-52-98(126)92-45-26-22-27-46-92/h21-78H,1-20H3. The van der Waals surface area contributed by atoms with Gasteiger partial charge in [-0.1, -0.05) is 328 Å². The average molecular weight is 1710 g/mol. The molecule has 20 rings (SSSR count). The lowest BCUT2D eigenvalue weighted by Crippen LogP contribution is -2.17. The highest BCUT2D eigenvalue weighted by Gasteiger charge is 2.35. The Morgan fingerprint density at radius 2 is 0.424 bits per heavy atom. The fraction of sp³-hybridized carbons (Fsp3) is 0.188. The summed E-state index contributed by atoms with van der Waals surface area (Å²) >= 11 is 0. The minimum absolute atomic E-state index is 0.173. The number of para-hydroxylation sites is 5. The van der Waals surface area contributed by atoms with E-state index in [1.807, 2.05) is 0 Å². The summed E-state index contributed by atoms with van der Waals surface area (Å²) in [6.07, 6.45) is 0. The second kappa shape index (κ2) is 34.2. The van der Waals surface area contributed by atoms with Crippen LogP contribution in [0.15, 0.2) is 328 Å². The Bertz CT molecular complexity index is 7880. The molecular weight excluding hydrogens is 1590 g/mol. The van der Waals surface area contributed by atoms with Gasteiger partial charge in [-0.2, -0.15) is 0 Å². The summed E-state index contributed by atoms with van der Waals surface area (Å²) in [6.45, 7) is 46.6. The Morgan fingerprint density at radius 1 is 0.159 bits per heavy atom. The van der Waals surface area contributed by atoms with Crippen LogP contribution in [0.2, 0.25) is 0 Å². The molecule has 20 aromatic carbocycles. The SMILES string of the molecule is Cc1ccc(C)c(N(c2c(C)cccc2-c2ccccc2)c2cc(C(C)C)c3ccc4c(N(c5cc(C)ccc5C)c5c(C)cc(-c6cccc(-c7cccc(C)c7N(c7c(C)cccc7C)c7cc(C(C)C)c8ccc9c(N(c%10c(C)cccc%10C)c%10c(C)cccc%10-c%10ccccc%10)cc(C(C)C)c%10ccc7c8c%109)c6)cc5-c5ccccc5)cc(C(C)C)c5ccc2c3c54)c1. The molecule has 4 nitrogen and oxygen atoms in total. The van der Waals surface area contributed by atoms with Crippen molar-refractivity contribution < 1.29 is 0 Å². The van der Waals surface area contributed by atoms with Gasteiger partial charge in [0.05, 0.1) is 56.9 Å². The molecule has 0 heterocycles. The molecule has 0 fully saturated rings. The normalized spacial score (nSPS) is 11.9. The first kappa shape index (κ1) is 85.8. The largest absolute Gasteiger partial charge is 0.309 e. The van der Waals surface area contributed by atoms with Crippen LogP contribution >= 0.6 is 0 Å². The summed E-state index contributed by atoms with van der Waals surface area (Å²) in [7, 11) is 0. The molecule has 0 bridgehead atoms. The minimum Gasteiger partial charge on any atom is -0.309 e. The van der Waals surface area contributed by atoms with Gasteiger partial charge < -0.3 is 19.6 Å². The van der Waals surface area contributed by atoms with Crippen molar-refractivity contribution in [1.82, 2.24) is 0 Å². The van der Waals surface area contributed by atoms with E-state index in [-0.39, 0.29) is 23.7 Å². The summed E-state index contributed by atoms with van der Waals surface area (Å²) in [5.41, 5.74) is 45.5. The van der Waals surface area contributed by atoms with Crippen LogP contribution in [0, 0.1) is 83.1 Å². The van der Waals surface area contributed by atoms with Crippen LogP contribution in [0.3, 0.4) is 0 Å². The van der Waals surface area contributed by atoms with Crippen molar-refractivity contribution in [3.8, 4) is 55.6 Å². The number of hydrogen-bond acceptors (Lipinski definition) is 4. The van der Waals surface area contributed by atoms with E-state index < -0.39 is 0 Å². The maximum atomic E-state index is 2.68. The van der Waals surface area contributed by atoms with Gasteiger partial charge in [0, 0.05) is 55.2 Å². The highest BCUT2D eigenvalue weighted by atomic mass is 15.2. The van der Waals surface area contributed by atoms with Crippen molar-refractivity contribution in [2.75, 3.05) is 19.6 Å². The van der Waals surface area contributed by atoms with Crippen molar-refractivity contribution >= 4 is 133 Å². The predicted molar refractivity (Wildman–Crippen MR) is 573 cm³/mol. The monoisotopic (exact) mass is 1710 g/mol. The molecule has 0 aliphatic rings. The molecule has 0 aromatic heterocycles. The number of hydrogen-bond donors (Lipinski definition) is 0. The molecule has 0 atom stereocenters. The van der Waals surface area contributed by atoms with Gasteiger partial charge in [0.1, 0.15) is 0 Å². The molecule has 0 unspecified atom stereocenters. The second-order valence-corrected chi connectivity index (χ2v) is 38.9. The zero-order chi connectivity index (χ0) is 91.7. The van der Waals surface area contributed by atoms with Crippen molar-refractivity contribution in [2.45, 2.75) is 162 Å². The zero-order valence-electron chi connectivity index (χ0n) is 80.3. The zero-order valence-corrected chi connectivity index (χ0v) is 80.3. The molecule has 20 aromatic rings. The van der Waals surface area contributed by atoms with Gasteiger partial charge in [-0.3, -0.25) is 0 Å². The van der Waals surface area contributed by atoms with Gasteiger partial charge >= 0.3 is 0 Å². The summed E-state index contributed by atoms with van der Waals surface area (Å²) in [4.78, 5) is 10.6. The van der Waals surface area contributed by atoms with E-state index in [1.54, 1.807) is 0 Å². The van der Waals surface area contributed by atoms with Crippen LogP contribution in [0.1, 0.15) is 168 Å². The van der Waals surface area contributed by atoms with Crippen LogP contribution in [0.25, 0.3) is 120 Å². The Labute approximate surface area is 781 Å². The van der Waals surface area contributed by atoms with E-state index in [0.717, 1.165) is 61.8 Å². The van der Waals surface area contributed by atoms with E-state index in [2.05, 4.69) is 486 Å². The number of rotatable bonds is 21. The van der Waals surface area contributed by atoms with Gasteiger partial charge in [0.25, 0.3) is 0 Å². The first-order valence-electron chi connectivity index (χ1n) is 47.6. The molecule has 4 heteroatoms. The molecule has 132 heavy (non-hydrogen) atoms. The number of aryl methyl sites for hydroxylation is 12. The van der Waals surface area contributed by atoms with Gasteiger partial charge in [-0.25, -0.2) is 0 Å². The van der Waals surface area contributed by atoms with Crippen LogP contribution in [-0.4, -0.2) is 0 Å². The summed E-state index contributed by atoms with van der Waals surface area (Å²) in [5.74, 6) is 0.754. The number of benzene rings is 20. The van der Waals surface area contributed by atoms with Gasteiger partial charge in [-0.05, 0) is 327 Å². The van der Waals surface area contributed by atoms with Gasteiger partial charge in [0.2, 0.25) is 0 Å². The lowest BCUT2D eigenvalue weighted by Gasteiger charge is -2.35. The predicted octanol–water partition coefficient (Wildman–Crippen LogP) is 37.9. The van der Waals surface area contributed by atoms with Gasteiger partial charge in [0.15, 0.2) is 0 Å². The highest BCUT2D eigenvalue weighted by molar-refractivity contribution is 6.32. The minimum atomic E-state index is 0.173. The highest BCUT2D eigenvalue weighted by Crippen LogP contribution is 2.59. The van der Waals surface area contributed by atoms with E-state index in [1.165, 1.54) is 216 Å². The first-order chi connectivity index (χ1) is 63.8. The maximum absolute atomic E-state index is 2.68. The molecule has 0 aliphatic carbocycles. The van der Waals surface area contributed by atoms with E-state index in [9.17, 15) is 0 Å². The lowest BCUT2D eigenvalue weighted by atomic mass is 9.83. The van der Waals surface area contributed by atoms with Crippen molar-refractivity contribution in [1.29, 1.82) is 0 Å². The number of nitrogens with zero attached hydrogens (tertiary/aromatic N) is 4. The Balaban J connectivity index is 0.798. The van der Waals surface area contributed by atoms with Crippen LogP contribution in [-0.2, 0) is 0 Å². The molecule has 0 radical (unpaired) electrons. The topological polar surface area (TPSA) is 13.0 Å². The van der Waals surface area contributed by atoms with Crippen molar-refractivity contribution in [3.63, 3.8) is 0 Å². The molecule has 0 N–H and O–H groups in total. The van der Waals surface area contributed by atoms with Gasteiger partial charge in [-0.15, -0.1) is 0 Å². The molecule has 0 spiro atoms. The van der Waals surface area contributed by atoms with E-state index in [4.69, 9.17) is 0 Å². The summed E-state index contributed by atoms with van der Waals surface area (Å²) in [5, 5.41) is 15.2. The fourth-order valence-corrected chi connectivity index (χ4v) is 22.1. The van der Waals surface area contributed by atoms with E-state index >= 15 is 0 Å². The Hall–Kier alpha value is -14.3. The van der Waals surface area contributed by atoms with Crippen LogP contribution < -0.4 is 19.6 Å². The van der Waals surface area contributed by atoms with Crippen molar-refractivity contribution in [2.24, 2.45) is 0 Å². The quantitative estimate of drug-likeness (QED) is 0.0665. The third-order valence-corrected chi connectivity index (χ3v) is 28.5. The molecule has 0 amide bonds. The second-order valence-electron chi connectivity index (χ2n) is 38.9. The molecule has 650 valence electrons. The fourth-order valence-electron chi connectivity index (χ4n) is 22.1. The third kappa shape index (κ3) is 14.5. The lowest BCUT2D eigenvalue weighted by molar-refractivity contribution is 0.875. The molecule has 0 saturated heterocycles. The van der Waals surface area contributed by atoms with Crippen LogP contribution in [0.5, 0.6) is 0 Å². The van der Waals surface area contributed by atoms with E-state index in [0.29, 0.717) is 0 Å². The van der Waals surface area contributed by atoms with Crippen molar-refractivity contribution in [3.05, 3.63) is 417 Å². The summed E-state index contributed by atoms with van der Waals surface area (Å²) in [6, 6.07) is 126. The average Bonchev–Trinajstić information content (AvgIpc) is 0.703. The smallest absolute Gasteiger partial charge is 0.0570 e. The Kier molecular flexibility index (Phi) is 22.2.